The molecule has 3 aromatic heterocycles. The van der Waals surface area contributed by atoms with Gasteiger partial charge >= 0.3 is 6.09 Å². The molecule has 0 radical (unpaired) electrons. The number of nitrogens with zero attached hydrogens (tertiary/aromatic N) is 9. The molecule has 2 fully saturated rings. The van der Waals surface area contributed by atoms with Gasteiger partial charge in [-0.25, -0.2) is 23.0 Å². The number of carbonyl (C=O) groups excluding carboxylic acids is 1. The fourth-order valence-electron chi connectivity index (χ4n) is 6.60. The zero-order valence-electron chi connectivity index (χ0n) is 26.5. The maximum atomic E-state index is 14.1. The quantitative estimate of drug-likeness (QED) is 0.254. The maximum absolute atomic E-state index is 14.1. The number of amides is 1. The van der Waals surface area contributed by atoms with Crippen LogP contribution in [-0.4, -0.2) is 95.3 Å². The molecule has 242 valence electrons. The van der Waals surface area contributed by atoms with Gasteiger partial charge in [-0.05, 0) is 58.2 Å². The summed E-state index contributed by atoms with van der Waals surface area (Å²) >= 11 is 6.18. The fourth-order valence-corrected chi connectivity index (χ4v) is 6.73. The van der Waals surface area contributed by atoms with E-state index in [1.165, 1.54) is 0 Å². The third-order valence-corrected chi connectivity index (χ3v) is 9.06. The molecular weight excluding hydrogens is 604 g/mol. The summed E-state index contributed by atoms with van der Waals surface area (Å²) in [4.78, 5) is 28.4. The van der Waals surface area contributed by atoms with E-state index in [2.05, 4.69) is 33.8 Å². The Hall–Kier alpha value is -3.58. The van der Waals surface area contributed by atoms with Crippen molar-refractivity contribution in [2.75, 3.05) is 31.6 Å². The standard InChI is InChI=1S/C31H40ClF2N9O2/c1-19-16-42(20(2)15-41(19)25(22-13-31(33,34)14-22)21-7-9-23(32)10-8-21)26-24-27(43-18-36-38-28(43)37-26)40(17-35-24)12-11-39(6)29(44)45-30(3,4)5/h7-10,17-20,22,25H,11-16H2,1-6H3/t19-,20+,25?/m1/s1. The molecule has 4 heterocycles. The van der Waals surface area contributed by atoms with E-state index >= 15 is 0 Å². The number of fused-ring (bicyclic) bond motifs is 3. The zero-order chi connectivity index (χ0) is 32.3. The molecule has 6 rings (SSSR count). The lowest BCUT2D eigenvalue weighted by Gasteiger charge is -2.52. The van der Waals surface area contributed by atoms with E-state index in [-0.39, 0.29) is 36.9 Å². The Morgan fingerprint density at radius 1 is 1.13 bits per heavy atom. The van der Waals surface area contributed by atoms with Crippen molar-refractivity contribution < 1.29 is 18.3 Å². The molecule has 3 atom stereocenters. The summed E-state index contributed by atoms with van der Waals surface area (Å²) in [5.41, 5.74) is 1.89. The van der Waals surface area contributed by atoms with Crippen LogP contribution in [0.1, 0.15) is 59.1 Å². The second-order valence-electron chi connectivity index (χ2n) is 13.5. The van der Waals surface area contributed by atoms with Gasteiger partial charge in [0, 0.05) is 69.2 Å². The number of imidazole rings is 1. The first-order chi connectivity index (χ1) is 21.2. The van der Waals surface area contributed by atoms with E-state index in [4.69, 9.17) is 26.3 Å². The number of hydrogen-bond donors (Lipinski definition) is 0. The Morgan fingerprint density at radius 2 is 1.84 bits per heavy atom. The van der Waals surface area contributed by atoms with Gasteiger partial charge in [-0.3, -0.25) is 4.90 Å². The summed E-state index contributed by atoms with van der Waals surface area (Å²) < 4.78 is 37.5. The molecule has 0 N–H and O–H groups in total. The minimum atomic E-state index is -2.62. The van der Waals surface area contributed by atoms with Crippen molar-refractivity contribution in [1.82, 2.24) is 38.9 Å². The molecule has 1 aromatic carbocycles. The van der Waals surface area contributed by atoms with Crippen LogP contribution in [-0.2, 0) is 11.3 Å². The number of aromatic nitrogens is 6. The van der Waals surface area contributed by atoms with E-state index in [1.54, 1.807) is 29.0 Å². The molecule has 0 spiro atoms. The van der Waals surface area contributed by atoms with Crippen LogP contribution in [0.15, 0.2) is 36.9 Å². The zero-order valence-corrected chi connectivity index (χ0v) is 27.2. The SMILES string of the molecule is C[C@@H]1CN(c2nc3nncn3c3c2ncn3CCN(C)C(=O)OC(C)(C)C)[C@@H](C)CN1C(c1ccc(Cl)cc1)C1CC(F)(F)C1. The van der Waals surface area contributed by atoms with Crippen LogP contribution in [0.4, 0.5) is 19.4 Å². The van der Waals surface area contributed by atoms with Crippen LogP contribution < -0.4 is 4.90 Å². The van der Waals surface area contributed by atoms with Crippen LogP contribution in [0.2, 0.25) is 5.02 Å². The van der Waals surface area contributed by atoms with E-state index < -0.39 is 17.6 Å². The van der Waals surface area contributed by atoms with Crippen molar-refractivity contribution in [3.8, 4) is 0 Å². The van der Waals surface area contributed by atoms with Gasteiger partial charge in [0.2, 0.25) is 5.92 Å². The third-order valence-electron chi connectivity index (χ3n) is 8.81. The molecular formula is C31H40ClF2N9O2. The summed E-state index contributed by atoms with van der Waals surface area (Å²) in [5.74, 6) is -1.62. The number of alkyl halides is 2. The van der Waals surface area contributed by atoms with Crippen LogP contribution in [0.25, 0.3) is 16.9 Å². The molecule has 1 amide bonds. The molecule has 2 aliphatic rings. The molecule has 1 aliphatic carbocycles. The first-order valence-corrected chi connectivity index (χ1v) is 15.7. The number of halogens is 3. The van der Waals surface area contributed by atoms with Crippen molar-refractivity contribution in [2.24, 2.45) is 5.92 Å². The summed E-state index contributed by atoms with van der Waals surface area (Å²) in [6.07, 6.45) is 2.73. The Kier molecular flexibility index (Phi) is 8.13. The monoisotopic (exact) mass is 643 g/mol. The van der Waals surface area contributed by atoms with Gasteiger partial charge < -0.3 is 19.1 Å². The van der Waals surface area contributed by atoms with E-state index in [1.807, 2.05) is 49.6 Å². The number of hydrogen-bond acceptors (Lipinski definition) is 8. The number of carbonyl (C=O) groups is 1. The highest BCUT2D eigenvalue weighted by Crippen LogP contribution is 2.51. The lowest BCUT2D eigenvalue weighted by molar-refractivity contribution is -0.137. The highest BCUT2D eigenvalue weighted by Gasteiger charge is 2.51. The molecule has 0 bridgehead atoms. The van der Waals surface area contributed by atoms with Gasteiger partial charge in [-0.2, -0.15) is 4.98 Å². The molecule has 14 heteroatoms. The highest BCUT2D eigenvalue weighted by molar-refractivity contribution is 6.30. The fraction of sp³-hybridized carbons (Fsp3) is 0.581. The second kappa shape index (κ2) is 11.7. The van der Waals surface area contributed by atoms with Crippen molar-refractivity contribution in [2.45, 2.75) is 83.7 Å². The average Bonchev–Trinajstić information content (AvgIpc) is 3.59. The lowest BCUT2D eigenvalue weighted by atomic mass is 9.73. The maximum Gasteiger partial charge on any atom is 0.410 e. The van der Waals surface area contributed by atoms with E-state index in [0.29, 0.717) is 48.3 Å². The number of ether oxygens (including phenoxy) is 1. The Morgan fingerprint density at radius 3 is 2.51 bits per heavy atom. The number of piperazine rings is 1. The summed E-state index contributed by atoms with van der Waals surface area (Å²) in [7, 11) is 1.71. The molecule has 1 saturated carbocycles. The predicted octanol–water partition coefficient (Wildman–Crippen LogP) is 5.68. The molecule has 1 aliphatic heterocycles. The largest absolute Gasteiger partial charge is 0.444 e. The smallest absolute Gasteiger partial charge is 0.410 e. The molecule has 11 nitrogen and oxygen atoms in total. The number of anilines is 1. The van der Waals surface area contributed by atoms with Crippen molar-refractivity contribution in [1.29, 1.82) is 0 Å². The van der Waals surface area contributed by atoms with Crippen molar-refractivity contribution in [3.63, 3.8) is 0 Å². The average molecular weight is 644 g/mol. The normalized spacial score (nSPS) is 21.7. The Bertz CT molecular complexity index is 1680. The summed E-state index contributed by atoms with van der Waals surface area (Å²) in [6.45, 7) is 11.9. The molecule has 4 aromatic rings. The van der Waals surface area contributed by atoms with Gasteiger partial charge in [0.05, 0.1) is 6.33 Å². The van der Waals surface area contributed by atoms with Gasteiger partial charge in [0.15, 0.2) is 11.5 Å². The Labute approximate surface area is 266 Å². The van der Waals surface area contributed by atoms with Crippen LogP contribution in [0, 0.1) is 5.92 Å². The van der Waals surface area contributed by atoms with Gasteiger partial charge in [-0.1, -0.05) is 23.7 Å². The van der Waals surface area contributed by atoms with Gasteiger partial charge in [0.25, 0.3) is 5.78 Å². The van der Waals surface area contributed by atoms with Crippen LogP contribution >= 0.6 is 11.6 Å². The molecule has 1 saturated heterocycles. The first kappa shape index (κ1) is 31.4. The van der Waals surface area contributed by atoms with Gasteiger partial charge in [-0.15, -0.1) is 10.2 Å². The minimum Gasteiger partial charge on any atom is -0.444 e. The minimum absolute atomic E-state index is 0.00103. The Balaban J connectivity index is 1.27. The topological polar surface area (TPSA) is 96.9 Å². The van der Waals surface area contributed by atoms with Crippen molar-refractivity contribution >= 4 is 40.5 Å². The highest BCUT2D eigenvalue weighted by atomic mass is 35.5. The lowest BCUT2D eigenvalue weighted by Crippen LogP contribution is -2.59. The van der Waals surface area contributed by atoms with Gasteiger partial charge in [0.1, 0.15) is 17.4 Å². The number of rotatable bonds is 7. The summed E-state index contributed by atoms with van der Waals surface area (Å²) in [6, 6.07) is 7.49. The molecule has 1 unspecified atom stereocenters. The third kappa shape index (κ3) is 6.29. The van der Waals surface area contributed by atoms with Crippen molar-refractivity contribution in [3.05, 3.63) is 47.5 Å². The van der Waals surface area contributed by atoms with E-state index in [9.17, 15) is 13.6 Å². The first-order valence-electron chi connectivity index (χ1n) is 15.3. The number of likely N-dealkylation sites (N-methyl/N-ethyl adjacent to an activating group) is 1. The van der Waals surface area contributed by atoms with Crippen LogP contribution in [0.5, 0.6) is 0 Å². The summed E-state index contributed by atoms with van der Waals surface area (Å²) in [5, 5.41) is 8.98. The van der Waals surface area contributed by atoms with E-state index in [0.717, 1.165) is 11.2 Å². The number of benzene rings is 1. The second-order valence-corrected chi connectivity index (χ2v) is 14.0. The van der Waals surface area contributed by atoms with Crippen LogP contribution in [0.3, 0.4) is 0 Å². The molecule has 45 heavy (non-hydrogen) atoms. The predicted molar refractivity (Wildman–Crippen MR) is 168 cm³/mol.